The van der Waals surface area contributed by atoms with E-state index < -0.39 is 0 Å². The van der Waals surface area contributed by atoms with Gasteiger partial charge in [-0.15, -0.1) is 0 Å². The lowest BCUT2D eigenvalue weighted by Crippen LogP contribution is -2.36. The number of hydrogen-bond acceptors (Lipinski definition) is 7. The van der Waals surface area contributed by atoms with Crippen molar-refractivity contribution < 1.29 is 14.6 Å². The van der Waals surface area contributed by atoms with E-state index in [0.717, 1.165) is 77.2 Å². The number of anilines is 3. The van der Waals surface area contributed by atoms with E-state index >= 15 is 0 Å². The number of aromatic nitrogens is 4. The molecule has 4 heterocycles. The van der Waals surface area contributed by atoms with Gasteiger partial charge in [-0.25, -0.2) is 9.97 Å². The minimum absolute atomic E-state index is 0.132. The van der Waals surface area contributed by atoms with Crippen LogP contribution in [0.1, 0.15) is 29.4 Å². The number of nitrogens with zero attached hydrogens (tertiary/aromatic N) is 4. The first-order valence-electron chi connectivity index (χ1n) is 12.1. The Morgan fingerprint density at radius 2 is 2.14 bits per heavy atom. The van der Waals surface area contributed by atoms with Crippen molar-refractivity contribution in [3.8, 4) is 5.75 Å². The van der Waals surface area contributed by atoms with Crippen molar-refractivity contribution >= 4 is 34.5 Å². The van der Waals surface area contributed by atoms with Gasteiger partial charge in [0.15, 0.2) is 11.5 Å². The van der Waals surface area contributed by atoms with Crippen molar-refractivity contribution in [3.05, 3.63) is 65.5 Å². The fraction of sp³-hybridized carbons (Fsp3) is 0.333. The lowest BCUT2D eigenvalue weighted by Gasteiger charge is -2.30. The van der Waals surface area contributed by atoms with Gasteiger partial charge >= 0.3 is 0 Å². The molecule has 0 bridgehead atoms. The number of hydrogen-bond donors (Lipinski definition) is 3. The van der Waals surface area contributed by atoms with Crippen LogP contribution in [0.5, 0.6) is 5.75 Å². The van der Waals surface area contributed by atoms with Crippen molar-refractivity contribution in [2.75, 3.05) is 50.2 Å². The third-order valence-corrected chi connectivity index (χ3v) is 6.60. The van der Waals surface area contributed by atoms with Crippen LogP contribution in [-0.4, -0.2) is 64.5 Å². The summed E-state index contributed by atoms with van der Waals surface area (Å²) in [5.74, 6) is 1.46. The number of ether oxygens (including phenoxy) is 2. The smallest absolute Gasteiger partial charge is 0.180 e. The number of benzene rings is 1. The highest BCUT2D eigenvalue weighted by molar-refractivity contribution is 5.81. The van der Waals surface area contributed by atoms with Gasteiger partial charge in [-0.3, -0.25) is 0 Å². The van der Waals surface area contributed by atoms with Crippen molar-refractivity contribution in [2.45, 2.75) is 20.3 Å². The summed E-state index contributed by atoms with van der Waals surface area (Å²) in [6.07, 6.45) is 10.3. The fourth-order valence-corrected chi connectivity index (χ4v) is 4.54. The Labute approximate surface area is 210 Å². The number of aliphatic hydroxyl groups is 1. The summed E-state index contributed by atoms with van der Waals surface area (Å²) in [6, 6.07) is 6.10. The van der Waals surface area contributed by atoms with Crippen molar-refractivity contribution in [3.63, 3.8) is 0 Å². The molecule has 3 aromatic heterocycles. The third-order valence-electron chi connectivity index (χ3n) is 6.60. The second-order valence-corrected chi connectivity index (χ2v) is 8.90. The number of H-pyrrole nitrogens is 1. The topological polar surface area (TPSA) is 99.9 Å². The number of allylic oxidation sites excluding steroid dienone is 1. The van der Waals surface area contributed by atoms with Gasteiger partial charge in [0.1, 0.15) is 5.75 Å². The molecule has 36 heavy (non-hydrogen) atoms. The molecular formula is C27H32N6O3. The first-order chi connectivity index (χ1) is 17.6. The predicted octanol–water partition coefficient (Wildman–Crippen LogP) is 4.05. The molecule has 9 heteroatoms. The lowest BCUT2D eigenvalue weighted by molar-refractivity contribution is 0.122. The van der Waals surface area contributed by atoms with Crippen LogP contribution in [0.2, 0.25) is 0 Å². The van der Waals surface area contributed by atoms with Gasteiger partial charge in [0, 0.05) is 61.9 Å². The normalized spacial score (nSPS) is 14.4. The quantitative estimate of drug-likeness (QED) is 0.344. The molecule has 1 fully saturated rings. The van der Waals surface area contributed by atoms with Gasteiger partial charge < -0.3 is 34.2 Å². The van der Waals surface area contributed by atoms with Crippen LogP contribution in [0, 0.1) is 6.92 Å². The SMILES string of the molecule is COc1cc(Nc2nc(/C(C)=C/c3[nH]cc(CCO)c3C)cn3ccnc23)ccc1N1CCOCC1. The Balaban J connectivity index is 1.46. The van der Waals surface area contributed by atoms with Crippen LogP contribution in [0.3, 0.4) is 0 Å². The molecule has 1 aliphatic heterocycles. The Morgan fingerprint density at radius 1 is 1.31 bits per heavy atom. The molecule has 1 aromatic carbocycles. The molecule has 0 spiro atoms. The Kier molecular flexibility index (Phi) is 6.92. The van der Waals surface area contributed by atoms with Gasteiger partial charge in [-0.1, -0.05) is 0 Å². The highest BCUT2D eigenvalue weighted by Crippen LogP contribution is 2.33. The van der Waals surface area contributed by atoms with Crippen LogP contribution < -0.4 is 15.0 Å². The van der Waals surface area contributed by atoms with E-state index in [9.17, 15) is 5.11 Å². The molecular weight excluding hydrogens is 456 g/mol. The van der Waals surface area contributed by atoms with E-state index in [1.54, 1.807) is 13.3 Å². The lowest BCUT2D eigenvalue weighted by atomic mass is 10.1. The number of fused-ring (bicyclic) bond motifs is 1. The summed E-state index contributed by atoms with van der Waals surface area (Å²) in [7, 11) is 1.69. The van der Waals surface area contributed by atoms with Gasteiger partial charge in [0.25, 0.3) is 0 Å². The highest BCUT2D eigenvalue weighted by Gasteiger charge is 2.17. The van der Waals surface area contributed by atoms with Gasteiger partial charge in [-0.2, -0.15) is 0 Å². The maximum atomic E-state index is 9.29. The van der Waals surface area contributed by atoms with Crippen molar-refractivity contribution in [2.24, 2.45) is 0 Å². The summed E-state index contributed by atoms with van der Waals surface area (Å²) in [4.78, 5) is 15.0. The molecule has 9 nitrogen and oxygen atoms in total. The number of rotatable bonds is 8. The summed E-state index contributed by atoms with van der Waals surface area (Å²) < 4.78 is 13.2. The number of aliphatic hydroxyl groups excluding tert-OH is 1. The predicted molar refractivity (Wildman–Crippen MR) is 142 cm³/mol. The van der Waals surface area contributed by atoms with Crippen LogP contribution in [0.25, 0.3) is 17.3 Å². The molecule has 0 aliphatic carbocycles. The van der Waals surface area contributed by atoms with E-state index in [4.69, 9.17) is 14.5 Å². The van der Waals surface area contributed by atoms with Crippen LogP contribution in [0.15, 0.2) is 43.0 Å². The fourth-order valence-electron chi connectivity index (χ4n) is 4.54. The largest absolute Gasteiger partial charge is 0.495 e. The molecule has 0 atom stereocenters. The summed E-state index contributed by atoms with van der Waals surface area (Å²) in [6.45, 7) is 7.36. The van der Waals surface area contributed by atoms with E-state index in [-0.39, 0.29) is 6.61 Å². The monoisotopic (exact) mass is 488 g/mol. The van der Waals surface area contributed by atoms with E-state index in [2.05, 4.69) is 39.3 Å². The number of morpholine rings is 1. The second-order valence-electron chi connectivity index (χ2n) is 8.90. The van der Waals surface area contributed by atoms with E-state index in [1.165, 1.54) is 0 Å². The van der Waals surface area contributed by atoms with Crippen LogP contribution in [0.4, 0.5) is 17.2 Å². The van der Waals surface area contributed by atoms with Gasteiger partial charge in [-0.05, 0) is 55.2 Å². The van der Waals surface area contributed by atoms with E-state index in [1.807, 2.05) is 42.0 Å². The number of nitrogens with one attached hydrogen (secondary N) is 2. The Hall–Kier alpha value is -3.82. The zero-order chi connectivity index (χ0) is 25.1. The maximum absolute atomic E-state index is 9.29. The molecule has 0 radical (unpaired) electrons. The average molecular weight is 489 g/mol. The number of aromatic amines is 1. The maximum Gasteiger partial charge on any atom is 0.180 e. The average Bonchev–Trinajstić information content (AvgIpc) is 3.52. The molecule has 0 amide bonds. The molecule has 3 N–H and O–H groups in total. The Bertz CT molecular complexity index is 1380. The van der Waals surface area contributed by atoms with E-state index in [0.29, 0.717) is 12.2 Å². The van der Waals surface area contributed by atoms with Crippen LogP contribution >= 0.6 is 0 Å². The molecule has 188 valence electrons. The summed E-state index contributed by atoms with van der Waals surface area (Å²) >= 11 is 0. The molecule has 0 saturated carbocycles. The molecule has 1 aliphatic rings. The molecule has 4 aromatic rings. The third kappa shape index (κ3) is 4.80. The van der Waals surface area contributed by atoms with Gasteiger partial charge in [0.05, 0.1) is 31.7 Å². The minimum Gasteiger partial charge on any atom is -0.495 e. The second kappa shape index (κ2) is 10.4. The Morgan fingerprint density at radius 3 is 2.92 bits per heavy atom. The van der Waals surface area contributed by atoms with Crippen molar-refractivity contribution in [1.29, 1.82) is 0 Å². The zero-order valence-corrected chi connectivity index (χ0v) is 20.9. The molecule has 0 unspecified atom stereocenters. The molecule has 1 saturated heterocycles. The first-order valence-corrected chi connectivity index (χ1v) is 12.1. The van der Waals surface area contributed by atoms with Gasteiger partial charge in [0.2, 0.25) is 0 Å². The standard InChI is InChI=1S/C27H32N6O3/c1-18(14-22-19(2)20(6-11-34)16-29-22)23-17-33-8-7-28-27(33)26(31-23)30-21-4-5-24(25(15-21)35-3)32-9-12-36-13-10-32/h4-5,7-8,14-17,29,34H,6,9-13H2,1-3H3,(H,30,31)/b18-14+. The number of methoxy groups -OCH3 is 1. The highest BCUT2D eigenvalue weighted by atomic mass is 16.5. The number of imidazole rings is 1. The summed E-state index contributed by atoms with van der Waals surface area (Å²) in [5, 5.41) is 12.7. The summed E-state index contributed by atoms with van der Waals surface area (Å²) in [5.41, 5.74) is 7.77. The van der Waals surface area contributed by atoms with Crippen LogP contribution in [-0.2, 0) is 11.2 Å². The zero-order valence-electron chi connectivity index (χ0n) is 20.9. The first kappa shape index (κ1) is 23.9. The van der Waals surface area contributed by atoms with Crippen molar-refractivity contribution in [1.82, 2.24) is 19.4 Å². The molecule has 5 rings (SSSR count). The minimum atomic E-state index is 0.132.